The lowest BCUT2D eigenvalue weighted by Crippen LogP contribution is -1.83. The van der Waals surface area contributed by atoms with Crippen LogP contribution in [-0.4, -0.2) is 17.1 Å². The molecule has 0 amide bonds. The van der Waals surface area contributed by atoms with E-state index in [0.29, 0.717) is 5.75 Å². The van der Waals surface area contributed by atoms with Crippen molar-refractivity contribution in [3.8, 4) is 5.75 Å². The zero-order valence-corrected chi connectivity index (χ0v) is 14.9. The fourth-order valence-electron chi connectivity index (χ4n) is 0.670. The molecule has 0 aliphatic heterocycles. The van der Waals surface area contributed by atoms with Crippen LogP contribution >= 0.6 is 59.7 Å². The number of rotatable bonds is 3. The van der Waals surface area contributed by atoms with Gasteiger partial charge in [-0.1, -0.05) is 6.92 Å². The molecule has 0 saturated carbocycles. The first-order valence-electron chi connectivity index (χ1n) is 4.29. The van der Waals surface area contributed by atoms with Crippen LogP contribution in [0.4, 0.5) is 0 Å². The molecule has 0 atom stereocenters. The Kier molecular flexibility index (Phi) is 10.5. The maximum Gasteiger partial charge on any atom is 0.246 e. The van der Waals surface area contributed by atoms with Crippen molar-refractivity contribution >= 4 is 70.1 Å². The average Bonchev–Trinajstić information content (AvgIpc) is 2.28. The number of benzene rings is 1. The van der Waals surface area contributed by atoms with E-state index in [2.05, 4.69) is 73.9 Å². The number of hydrogen-bond acceptors (Lipinski definition) is 2. The summed E-state index contributed by atoms with van der Waals surface area (Å²) in [5.41, 5.74) is 0. The van der Waals surface area contributed by atoms with E-state index >= 15 is 0 Å². The summed E-state index contributed by atoms with van der Waals surface area (Å²) in [6.45, 7) is 2.86. The van der Waals surface area contributed by atoms with E-state index in [1.807, 2.05) is 6.07 Å². The van der Waals surface area contributed by atoms with Crippen LogP contribution in [-0.2, 0) is 4.43 Å². The minimum atomic E-state index is 0.585. The fourth-order valence-corrected chi connectivity index (χ4v) is 2.45. The van der Waals surface area contributed by atoms with Gasteiger partial charge in [-0.25, -0.2) is 0 Å². The molecule has 0 spiro atoms. The van der Waals surface area contributed by atoms with Crippen molar-refractivity contribution in [2.45, 2.75) is 13.3 Å². The van der Waals surface area contributed by atoms with E-state index in [1.54, 1.807) is 6.07 Å². The molecular weight excluding hydrogens is 443 g/mol. The summed E-state index contributed by atoms with van der Waals surface area (Å²) in [4.78, 5) is 0. The molecular formula is C9H9Br3ClO2Si. The Labute approximate surface area is 129 Å². The van der Waals surface area contributed by atoms with Crippen LogP contribution in [0.25, 0.3) is 0 Å². The maximum absolute atomic E-state index is 5.19. The van der Waals surface area contributed by atoms with Gasteiger partial charge in [0.25, 0.3) is 0 Å². The smallest absolute Gasteiger partial charge is 0.246 e. The van der Waals surface area contributed by atoms with Gasteiger partial charge in [-0.2, -0.15) is 0 Å². The molecule has 0 aromatic heterocycles. The van der Waals surface area contributed by atoms with Crippen molar-refractivity contribution in [1.29, 1.82) is 0 Å². The summed E-state index contributed by atoms with van der Waals surface area (Å²) in [7, 11) is 2.85. The van der Waals surface area contributed by atoms with Crippen molar-refractivity contribution in [1.82, 2.24) is 0 Å². The number of hydrogen-bond donors (Lipinski definition) is 0. The van der Waals surface area contributed by atoms with Gasteiger partial charge in [-0.3, -0.25) is 0 Å². The minimum Gasteiger partial charge on any atom is -0.419 e. The van der Waals surface area contributed by atoms with Gasteiger partial charge in [0.05, 0.1) is 4.47 Å². The molecule has 2 nitrogen and oxygen atoms in total. The molecule has 1 aromatic rings. The lowest BCUT2D eigenvalue weighted by Gasteiger charge is -2.02. The Balaban J connectivity index is 0.000000385. The van der Waals surface area contributed by atoms with E-state index < -0.39 is 0 Å². The second-order valence-corrected chi connectivity index (χ2v) is 5.48. The highest BCUT2D eigenvalue weighted by atomic mass is 79.9. The molecule has 0 saturated heterocycles. The fraction of sp³-hybridized carbons (Fsp3) is 0.333. The summed E-state index contributed by atoms with van der Waals surface area (Å²) in [6, 6.07) is 3.60. The summed E-state index contributed by atoms with van der Waals surface area (Å²) in [5, 5.41) is 0. The van der Waals surface area contributed by atoms with E-state index in [-0.39, 0.29) is 0 Å². The molecule has 0 aliphatic rings. The predicted molar refractivity (Wildman–Crippen MR) is 78.0 cm³/mol. The van der Waals surface area contributed by atoms with E-state index in [0.717, 1.165) is 26.4 Å². The first-order chi connectivity index (χ1) is 7.58. The van der Waals surface area contributed by atoms with Crippen LogP contribution in [0.1, 0.15) is 13.3 Å². The molecule has 1 aromatic carbocycles. The van der Waals surface area contributed by atoms with Crippen molar-refractivity contribution < 1.29 is 8.72 Å². The molecule has 16 heavy (non-hydrogen) atoms. The van der Waals surface area contributed by atoms with E-state index in [1.165, 1.54) is 0 Å². The van der Waals surface area contributed by atoms with Crippen molar-refractivity contribution in [3.63, 3.8) is 0 Å². The average molecular weight is 452 g/mol. The van der Waals surface area contributed by atoms with Gasteiger partial charge in [0, 0.05) is 15.6 Å². The second kappa shape index (κ2) is 9.91. The summed E-state index contributed by atoms with van der Waals surface area (Å²) in [5.74, 6) is 0.585. The first kappa shape index (κ1) is 16.9. The van der Waals surface area contributed by atoms with E-state index in [4.69, 9.17) is 11.9 Å². The van der Waals surface area contributed by atoms with Gasteiger partial charge in [-0.15, -0.1) is 0 Å². The molecule has 0 bridgehead atoms. The summed E-state index contributed by atoms with van der Waals surface area (Å²) >= 11 is 15.2. The zero-order valence-electron chi connectivity index (χ0n) is 8.40. The molecule has 1 rings (SSSR count). The maximum atomic E-state index is 5.19. The molecule has 0 aliphatic carbocycles. The molecule has 89 valence electrons. The van der Waals surface area contributed by atoms with Gasteiger partial charge in [0.2, 0.25) is 10.5 Å². The Morgan fingerprint density at radius 3 is 2.25 bits per heavy atom. The largest absolute Gasteiger partial charge is 0.419 e. The van der Waals surface area contributed by atoms with Crippen LogP contribution in [0.15, 0.2) is 25.6 Å². The van der Waals surface area contributed by atoms with Crippen LogP contribution in [0, 0.1) is 0 Å². The highest BCUT2D eigenvalue weighted by Gasteiger charge is 2.07. The lowest BCUT2D eigenvalue weighted by molar-refractivity contribution is 0.349. The van der Waals surface area contributed by atoms with Crippen LogP contribution < -0.4 is 4.29 Å². The van der Waals surface area contributed by atoms with Gasteiger partial charge in [0.1, 0.15) is 11.9 Å². The Hall–Kier alpha value is 0.927. The molecule has 0 unspecified atom stereocenters. The third-order valence-corrected chi connectivity index (χ3v) is 5.10. The minimum absolute atomic E-state index is 0.585. The Bertz CT molecular complexity index is 324. The van der Waals surface area contributed by atoms with Crippen molar-refractivity contribution in [2.24, 2.45) is 0 Å². The third-order valence-electron chi connectivity index (χ3n) is 1.39. The summed E-state index contributed by atoms with van der Waals surface area (Å²) in [6.07, 6.45) is 1.07. The SMILES string of the molecule is CCCO[Si].ClOc1ccc(Br)c(Br)c1Br. The van der Waals surface area contributed by atoms with Crippen LogP contribution in [0.2, 0.25) is 0 Å². The Morgan fingerprint density at radius 1 is 1.25 bits per heavy atom. The highest BCUT2D eigenvalue weighted by Crippen LogP contribution is 2.37. The predicted octanol–water partition coefficient (Wildman–Crippen LogP) is 5.00. The number of halogens is 4. The van der Waals surface area contributed by atoms with Gasteiger partial charge in [-0.05, 0) is 66.3 Å². The molecule has 0 N–H and O–H groups in total. The molecule has 0 heterocycles. The van der Waals surface area contributed by atoms with Crippen molar-refractivity contribution in [2.75, 3.05) is 6.61 Å². The standard InChI is InChI=1S/C6H2Br3ClO.C3H7OSi/c7-3-1-2-4(11-10)6(9)5(3)8;1-2-3-4-5/h1-2H;2-3H2,1H3. The van der Waals surface area contributed by atoms with Crippen LogP contribution in [0.5, 0.6) is 5.75 Å². The lowest BCUT2D eigenvalue weighted by atomic mass is 10.3. The molecule has 3 radical (unpaired) electrons. The van der Waals surface area contributed by atoms with Crippen LogP contribution in [0.3, 0.4) is 0 Å². The third kappa shape index (κ3) is 6.02. The highest BCUT2D eigenvalue weighted by molar-refractivity contribution is 9.14. The quantitative estimate of drug-likeness (QED) is 0.475. The van der Waals surface area contributed by atoms with Gasteiger partial charge >= 0.3 is 0 Å². The monoisotopic (exact) mass is 449 g/mol. The normalized spacial score (nSPS) is 9.38. The zero-order chi connectivity index (χ0) is 12.6. The van der Waals surface area contributed by atoms with E-state index in [9.17, 15) is 0 Å². The Morgan fingerprint density at radius 2 is 1.88 bits per heavy atom. The summed E-state index contributed by atoms with van der Waals surface area (Å²) < 4.78 is 11.7. The topological polar surface area (TPSA) is 18.5 Å². The van der Waals surface area contributed by atoms with Gasteiger partial charge < -0.3 is 8.72 Å². The molecule has 0 fully saturated rings. The first-order valence-corrected chi connectivity index (χ1v) is 7.38. The molecule has 7 heteroatoms. The van der Waals surface area contributed by atoms with Crippen molar-refractivity contribution in [3.05, 3.63) is 25.6 Å². The van der Waals surface area contributed by atoms with Gasteiger partial charge in [0.15, 0.2) is 5.75 Å². The second-order valence-electron chi connectivity index (χ2n) is 2.60.